The Balaban J connectivity index is 2.17. The Morgan fingerprint density at radius 1 is 0.889 bits per heavy atom. The molecule has 0 unspecified atom stereocenters. The van der Waals surface area contributed by atoms with Gasteiger partial charge in [-0.2, -0.15) is 0 Å². The zero-order chi connectivity index (χ0) is 20.0. The van der Waals surface area contributed by atoms with E-state index in [2.05, 4.69) is 26.1 Å². The zero-order valence-electron chi connectivity index (χ0n) is 16.2. The molecular weight excluding hydrogens is 405 g/mol. The van der Waals surface area contributed by atoms with Gasteiger partial charge in [0.15, 0.2) is 11.5 Å². The molecule has 0 fully saturated rings. The molecule has 2 aromatic carbocycles. The summed E-state index contributed by atoms with van der Waals surface area (Å²) in [6.45, 7) is 9.96. The van der Waals surface area contributed by atoms with E-state index in [9.17, 15) is 0 Å². The first kappa shape index (κ1) is 22.2. The minimum Gasteiger partial charge on any atom is -0.490 e. The molecule has 0 aliphatic carbocycles. The molecule has 3 nitrogen and oxygen atoms in total. The third-order valence-corrected chi connectivity index (χ3v) is 5.52. The standard InChI is InChI=1S/C21H26Cl3NO2/c1-5-21(3,4)25-12-15-10-19(26-6-2)20(11-17(15)23)27-13-14-7-8-16(22)18(24)9-14/h7-11,25H,5-6,12-13H2,1-4H3. The molecule has 0 atom stereocenters. The first-order valence-electron chi connectivity index (χ1n) is 9.02. The summed E-state index contributed by atoms with van der Waals surface area (Å²) in [5.41, 5.74) is 1.93. The SMILES string of the molecule is CCOc1cc(CNC(C)(C)CC)c(Cl)cc1OCc1ccc(Cl)c(Cl)c1. The zero-order valence-corrected chi connectivity index (χ0v) is 18.4. The predicted octanol–water partition coefficient (Wildman–Crippen LogP) is 6.90. The number of benzene rings is 2. The van der Waals surface area contributed by atoms with Crippen LogP contribution in [0, 0.1) is 0 Å². The van der Waals surface area contributed by atoms with Gasteiger partial charge in [0.1, 0.15) is 6.61 Å². The van der Waals surface area contributed by atoms with Gasteiger partial charge in [0.2, 0.25) is 0 Å². The van der Waals surface area contributed by atoms with Gasteiger partial charge in [0.25, 0.3) is 0 Å². The van der Waals surface area contributed by atoms with Crippen molar-refractivity contribution in [3.8, 4) is 11.5 Å². The molecule has 2 aromatic rings. The maximum atomic E-state index is 6.49. The van der Waals surface area contributed by atoms with E-state index in [4.69, 9.17) is 44.3 Å². The van der Waals surface area contributed by atoms with Crippen LogP contribution < -0.4 is 14.8 Å². The van der Waals surface area contributed by atoms with Crippen molar-refractivity contribution in [3.05, 3.63) is 56.5 Å². The fraction of sp³-hybridized carbons (Fsp3) is 0.429. The van der Waals surface area contributed by atoms with Gasteiger partial charge in [-0.15, -0.1) is 0 Å². The number of nitrogens with one attached hydrogen (secondary N) is 1. The first-order valence-corrected chi connectivity index (χ1v) is 10.2. The number of halogens is 3. The van der Waals surface area contributed by atoms with E-state index in [1.165, 1.54) is 0 Å². The third-order valence-electron chi connectivity index (χ3n) is 4.43. The van der Waals surface area contributed by atoms with Crippen LogP contribution in [-0.2, 0) is 13.2 Å². The smallest absolute Gasteiger partial charge is 0.163 e. The van der Waals surface area contributed by atoms with E-state index >= 15 is 0 Å². The van der Waals surface area contributed by atoms with Gasteiger partial charge in [-0.05, 0) is 56.5 Å². The van der Waals surface area contributed by atoms with E-state index in [0.717, 1.165) is 17.5 Å². The summed E-state index contributed by atoms with van der Waals surface area (Å²) in [6.07, 6.45) is 1.02. The minimum atomic E-state index is 0.0398. The van der Waals surface area contributed by atoms with Crippen LogP contribution in [0.3, 0.4) is 0 Å². The summed E-state index contributed by atoms with van der Waals surface area (Å²) in [6, 6.07) is 9.16. The average Bonchev–Trinajstić information content (AvgIpc) is 2.63. The molecule has 0 spiro atoms. The summed E-state index contributed by atoms with van der Waals surface area (Å²) in [7, 11) is 0. The van der Waals surface area contributed by atoms with E-state index in [1.54, 1.807) is 18.2 Å². The summed E-state index contributed by atoms with van der Waals surface area (Å²) in [5, 5.41) is 5.18. The highest BCUT2D eigenvalue weighted by atomic mass is 35.5. The Morgan fingerprint density at radius 3 is 2.22 bits per heavy atom. The molecule has 2 rings (SSSR count). The average molecular weight is 431 g/mol. The molecule has 0 aliphatic heterocycles. The van der Waals surface area contributed by atoms with Crippen LogP contribution in [0.1, 0.15) is 45.2 Å². The van der Waals surface area contributed by atoms with Crippen LogP contribution in [-0.4, -0.2) is 12.1 Å². The Labute approximate surface area is 176 Å². The fourth-order valence-corrected chi connectivity index (χ4v) is 2.88. The van der Waals surface area contributed by atoms with Gasteiger partial charge in [0, 0.05) is 23.2 Å². The second-order valence-electron chi connectivity index (χ2n) is 6.95. The Hall–Kier alpha value is -1.13. The van der Waals surface area contributed by atoms with Crippen molar-refractivity contribution in [3.63, 3.8) is 0 Å². The van der Waals surface area contributed by atoms with Gasteiger partial charge < -0.3 is 14.8 Å². The minimum absolute atomic E-state index is 0.0398. The highest BCUT2D eigenvalue weighted by molar-refractivity contribution is 6.42. The van der Waals surface area contributed by atoms with Crippen molar-refractivity contribution in [2.75, 3.05) is 6.61 Å². The molecule has 1 N–H and O–H groups in total. The molecule has 27 heavy (non-hydrogen) atoms. The lowest BCUT2D eigenvalue weighted by Crippen LogP contribution is -2.37. The van der Waals surface area contributed by atoms with Crippen molar-refractivity contribution in [1.82, 2.24) is 5.32 Å². The Morgan fingerprint density at radius 2 is 1.59 bits per heavy atom. The predicted molar refractivity (Wildman–Crippen MR) is 115 cm³/mol. The van der Waals surface area contributed by atoms with Crippen molar-refractivity contribution in [1.29, 1.82) is 0 Å². The van der Waals surface area contributed by atoms with Crippen LogP contribution in [0.25, 0.3) is 0 Å². The van der Waals surface area contributed by atoms with Gasteiger partial charge in [-0.3, -0.25) is 0 Å². The van der Waals surface area contributed by atoms with Crippen molar-refractivity contribution >= 4 is 34.8 Å². The van der Waals surface area contributed by atoms with Crippen molar-refractivity contribution in [2.24, 2.45) is 0 Å². The highest BCUT2D eigenvalue weighted by Gasteiger charge is 2.17. The van der Waals surface area contributed by atoms with E-state index in [1.807, 2.05) is 19.1 Å². The maximum absolute atomic E-state index is 6.49. The van der Waals surface area contributed by atoms with E-state index < -0.39 is 0 Å². The van der Waals surface area contributed by atoms with Crippen LogP contribution in [0.4, 0.5) is 0 Å². The van der Waals surface area contributed by atoms with E-state index in [-0.39, 0.29) is 5.54 Å². The molecule has 148 valence electrons. The molecular formula is C21H26Cl3NO2. The van der Waals surface area contributed by atoms with Crippen LogP contribution in [0.2, 0.25) is 15.1 Å². The second kappa shape index (κ2) is 9.88. The molecule has 0 saturated heterocycles. The molecule has 0 aliphatic rings. The molecule has 0 bridgehead atoms. The number of hydrogen-bond donors (Lipinski definition) is 1. The summed E-state index contributed by atoms with van der Waals surface area (Å²) in [4.78, 5) is 0. The van der Waals surface area contributed by atoms with Crippen molar-refractivity contribution in [2.45, 2.75) is 52.8 Å². The van der Waals surface area contributed by atoms with Crippen LogP contribution in [0.5, 0.6) is 11.5 Å². The number of rotatable bonds is 9. The summed E-state index contributed by atoms with van der Waals surface area (Å²) in [5.74, 6) is 1.28. The monoisotopic (exact) mass is 429 g/mol. The Bertz CT molecular complexity index is 778. The van der Waals surface area contributed by atoms with Gasteiger partial charge in [-0.25, -0.2) is 0 Å². The van der Waals surface area contributed by atoms with Crippen LogP contribution in [0.15, 0.2) is 30.3 Å². The van der Waals surface area contributed by atoms with Crippen LogP contribution >= 0.6 is 34.8 Å². The molecule has 0 saturated carbocycles. The molecule has 0 heterocycles. The molecule has 0 amide bonds. The lowest BCUT2D eigenvalue weighted by Gasteiger charge is -2.25. The van der Waals surface area contributed by atoms with Crippen molar-refractivity contribution < 1.29 is 9.47 Å². The molecule has 0 aromatic heterocycles. The maximum Gasteiger partial charge on any atom is 0.163 e. The third kappa shape index (κ3) is 6.46. The normalized spacial score (nSPS) is 11.5. The number of hydrogen-bond acceptors (Lipinski definition) is 3. The van der Waals surface area contributed by atoms with Gasteiger partial charge >= 0.3 is 0 Å². The second-order valence-corrected chi connectivity index (χ2v) is 8.17. The highest BCUT2D eigenvalue weighted by Crippen LogP contribution is 2.35. The largest absolute Gasteiger partial charge is 0.490 e. The topological polar surface area (TPSA) is 30.5 Å². The van der Waals surface area contributed by atoms with Gasteiger partial charge in [-0.1, -0.05) is 47.8 Å². The van der Waals surface area contributed by atoms with E-state index in [0.29, 0.717) is 46.3 Å². The fourth-order valence-electron chi connectivity index (χ4n) is 2.34. The lowest BCUT2D eigenvalue weighted by molar-refractivity contribution is 0.269. The number of ether oxygens (including phenoxy) is 2. The molecule has 0 radical (unpaired) electrons. The Kier molecular flexibility index (Phi) is 8.11. The van der Waals surface area contributed by atoms with Gasteiger partial charge in [0.05, 0.1) is 16.7 Å². The summed E-state index contributed by atoms with van der Waals surface area (Å²) >= 11 is 18.5. The first-order chi connectivity index (χ1) is 12.8. The molecule has 6 heteroatoms. The lowest BCUT2D eigenvalue weighted by atomic mass is 10.0. The summed E-state index contributed by atoms with van der Waals surface area (Å²) < 4.78 is 11.7. The quantitative estimate of drug-likeness (QED) is 0.469.